The average Bonchev–Trinajstić information content (AvgIpc) is 2.02. The molecule has 0 saturated heterocycles. The van der Waals surface area contributed by atoms with Gasteiger partial charge in [-0.15, -0.1) is 0 Å². The van der Waals surface area contributed by atoms with E-state index in [1.165, 1.54) is 6.08 Å². The summed E-state index contributed by atoms with van der Waals surface area (Å²) in [5.41, 5.74) is -1.17. The van der Waals surface area contributed by atoms with Crippen LogP contribution < -0.4 is 0 Å². The summed E-state index contributed by atoms with van der Waals surface area (Å²) >= 11 is 0. The Morgan fingerprint density at radius 1 is 1.50 bits per heavy atom. The number of carbonyl (C=O) groups is 1. The van der Waals surface area contributed by atoms with Gasteiger partial charge in [0, 0.05) is 12.0 Å². The molecule has 3 heteroatoms. The van der Waals surface area contributed by atoms with Crippen molar-refractivity contribution in [3.05, 3.63) is 23.8 Å². The number of carboxylic acids is 1. The predicted molar refractivity (Wildman–Crippen MR) is 53.9 cm³/mol. The van der Waals surface area contributed by atoms with Gasteiger partial charge < -0.3 is 10.2 Å². The van der Waals surface area contributed by atoms with Gasteiger partial charge in [-0.2, -0.15) is 0 Å². The molecule has 0 aliphatic heterocycles. The van der Waals surface area contributed by atoms with E-state index in [4.69, 9.17) is 5.11 Å². The fraction of sp³-hybridized carbons (Fsp3) is 0.545. The summed E-state index contributed by atoms with van der Waals surface area (Å²) < 4.78 is 0. The van der Waals surface area contributed by atoms with Crippen LogP contribution in [-0.2, 0) is 4.79 Å². The highest BCUT2D eigenvalue weighted by molar-refractivity contribution is 5.87. The molecule has 1 aliphatic carbocycles. The zero-order valence-corrected chi connectivity index (χ0v) is 8.74. The van der Waals surface area contributed by atoms with Crippen molar-refractivity contribution in [2.75, 3.05) is 0 Å². The summed E-state index contributed by atoms with van der Waals surface area (Å²) in [6.07, 6.45) is 4.97. The molecule has 0 spiro atoms. The van der Waals surface area contributed by atoms with Gasteiger partial charge in [-0.05, 0) is 5.41 Å². The maximum absolute atomic E-state index is 10.8. The zero-order chi connectivity index (χ0) is 11.0. The summed E-state index contributed by atoms with van der Waals surface area (Å²) in [6, 6.07) is 0. The molecule has 1 atom stereocenters. The smallest absolute Gasteiger partial charge is 0.331 e. The molecule has 14 heavy (non-hydrogen) atoms. The lowest BCUT2D eigenvalue weighted by Crippen LogP contribution is -2.42. The first kappa shape index (κ1) is 11.0. The summed E-state index contributed by atoms with van der Waals surface area (Å²) in [4.78, 5) is 10.8. The van der Waals surface area contributed by atoms with E-state index in [9.17, 15) is 9.90 Å². The molecule has 0 heterocycles. The number of carboxylic acid groups (broad SMARTS) is 1. The standard InChI is InChI=1S/C11H16O3/c1-10(2,3)11(14)6-4-5-8(7-11)9(12)13/h4-6,14H,7H2,1-3H3,(H,12,13). The number of aliphatic carboxylic acids is 1. The van der Waals surface area contributed by atoms with E-state index in [0.29, 0.717) is 0 Å². The van der Waals surface area contributed by atoms with E-state index in [-0.39, 0.29) is 17.4 Å². The van der Waals surface area contributed by atoms with E-state index < -0.39 is 11.6 Å². The van der Waals surface area contributed by atoms with Crippen LogP contribution in [0.3, 0.4) is 0 Å². The Morgan fingerprint density at radius 3 is 2.50 bits per heavy atom. The predicted octanol–water partition coefficient (Wildman–Crippen LogP) is 1.73. The minimum Gasteiger partial charge on any atom is -0.478 e. The maximum Gasteiger partial charge on any atom is 0.331 e. The van der Waals surface area contributed by atoms with Crippen LogP contribution >= 0.6 is 0 Å². The van der Waals surface area contributed by atoms with Gasteiger partial charge in [-0.1, -0.05) is 39.0 Å². The van der Waals surface area contributed by atoms with Crippen molar-refractivity contribution in [1.82, 2.24) is 0 Å². The van der Waals surface area contributed by atoms with Crippen LogP contribution in [0.1, 0.15) is 27.2 Å². The van der Waals surface area contributed by atoms with Crippen molar-refractivity contribution in [2.45, 2.75) is 32.8 Å². The fourth-order valence-electron chi connectivity index (χ4n) is 1.39. The molecular weight excluding hydrogens is 180 g/mol. The number of allylic oxidation sites excluding steroid dienone is 2. The number of hydrogen-bond donors (Lipinski definition) is 2. The lowest BCUT2D eigenvalue weighted by atomic mass is 9.71. The first-order valence-electron chi connectivity index (χ1n) is 4.60. The summed E-state index contributed by atoms with van der Waals surface area (Å²) in [5, 5.41) is 19.1. The van der Waals surface area contributed by atoms with Crippen LogP contribution in [0.5, 0.6) is 0 Å². The summed E-state index contributed by atoms with van der Waals surface area (Å²) in [6.45, 7) is 5.67. The van der Waals surface area contributed by atoms with Crippen molar-refractivity contribution in [2.24, 2.45) is 5.41 Å². The Balaban J connectivity index is 2.96. The fourth-order valence-corrected chi connectivity index (χ4v) is 1.39. The Labute approximate surface area is 83.8 Å². The van der Waals surface area contributed by atoms with E-state index in [1.807, 2.05) is 20.8 Å². The van der Waals surface area contributed by atoms with Crippen molar-refractivity contribution >= 4 is 5.97 Å². The van der Waals surface area contributed by atoms with E-state index in [0.717, 1.165) is 0 Å². The molecule has 0 amide bonds. The maximum atomic E-state index is 10.8. The Hall–Kier alpha value is -1.09. The minimum absolute atomic E-state index is 0.169. The van der Waals surface area contributed by atoms with Gasteiger partial charge in [0.15, 0.2) is 0 Å². The average molecular weight is 196 g/mol. The third-order valence-corrected chi connectivity index (χ3v) is 2.70. The topological polar surface area (TPSA) is 57.5 Å². The van der Waals surface area contributed by atoms with Gasteiger partial charge in [0.25, 0.3) is 0 Å². The quantitative estimate of drug-likeness (QED) is 0.671. The van der Waals surface area contributed by atoms with E-state index >= 15 is 0 Å². The van der Waals surface area contributed by atoms with Crippen molar-refractivity contribution in [3.63, 3.8) is 0 Å². The highest BCUT2D eigenvalue weighted by atomic mass is 16.4. The molecule has 2 N–H and O–H groups in total. The highest BCUT2D eigenvalue weighted by Gasteiger charge is 2.40. The summed E-state index contributed by atoms with van der Waals surface area (Å²) in [5.74, 6) is -0.961. The summed E-state index contributed by atoms with van der Waals surface area (Å²) in [7, 11) is 0. The molecular formula is C11H16O3. The molecule has 0 aromatic heterocycles. The molecule has 1 rings (SSSR count). The van der Waals surface area contributed by atoms with E-state index in [2.05, 4.69) is 0 Å². The lowest BCUT2D eigenvalue weighted by Gasteiger charge is -2.39. The van der Waals surface area contributed by atoms with Crippen molar-refractivity contribution < 1.29 is 15.0 Å². The zero-order valence-electron chi connectivity index (χ0n) is 8.74. The Kier molecular flexibility index (Phi) is 2.54. The van der Waals surface area contributed by atoms with Crippen LogP contribution in [0.25, 0.3) is 0 Å². The van der Waals surface area contributed by atoms with Gasteiger partial charge in [-0.25, -0.2) is 4.79 Å². The number of aliphatic hydroxyl groups is 1. The van der Waals surface area contributed by atoms with Gasteiger partial charge >= 0.3 is 5.97 Å². The number of hydrogen-bond acceptors (Lipinski definition) is 2. The second-order valence-electron chi connectivity index (χ2n) is 4.71. The molecule has 3 nitrogen and oxygen atoms in total. The van der Waals surface area contributed by atoms with Crippen LogP contribution in [0, 0.1) is 5.41 Å². The molecule has 78 valence electrons. The van der Waals surface area contributed by atoms with Gasteiger partial charge in [0.05, 0.1) is 5.60 Å². The van der Waals surface area contributed by atoms with Crippen LogP contribution in [0.15, 0.2) is 23.8 Å². The van der Waals surface area contributed by atoms with Crippen molar-refractivity contribution in [3.8, 4) is 0 Å². The van der Waals surface area contributed by atoms with Crippen molar-refractivity contribution in [1.29, 1.82) is 0 Å². The third-order valence-electron chi connectivity index (χ3n) is 2.70. The normalized spacial score (nSPS) is 27.3. The van der Waals surface area contributed by atoms with Gasteiger partial charge in [0.1, 0.15) is 0 Å². The largest absolute Gasteiger partial charge is 0.478 e. The lowest BCUT2D eigenvalue weighted by molar-refractivity contribution is -0.133. The molecule has 0 bridgehead atoms. The molecule has 0 aromatic rings. The molecule has 0 saturated carbocycles. The van der Waals surface area contributed by atoms with Crippen LogP contribution in [-0.4, -0.2) is 21.8 Å². The second kappa shape index (κ2) is 3.24. The molecule has 0 aromatic carbocycles. The molecule has 0 fully saturated rings. The second-order valence-corrected chi connectivity index (χ2v) is 4.71. The molecule has 0 radical (unpaired) electrons. The van der Waals surface area contributed by atoms with Crippen LogP contribution in [0.2, 0.25) is 0 Å². The Morgan fingerprint density at radius 2 is 2.07 bits per heavy atom. The van der Waals surface area contributed by atoms with Gasteiger partial charge in [0.2, 0.25) is 0 Å². The van der Waals surface area contributed by atoms with Crippen LogP contribution in [0.4, 0.5) is 0 Å². The number of rotatable bonds is 1. The SMILES string of the molecule is CC(C)(C)C1(O)C=CC=C(C(=O)O)C1. The monoisotopic (exact) mass is 196 g/mol. The molecule has 1 aliphatic rings. The third kappa shape index (κ3) is 1.87. The van der Waals surface area contributed by atoms with Gasteiger partial charge in [-0.3, -0.25) is 0 Å². The minimum atomic E-state index is -1.06. The first-order valence-corrected chi connectivity index (χ1v) is 4.60. The highest BCUT2D eigenvalue weighted by Crippen LogP contribution is 2.38. The molecule has 1 unspecified atom stereocenters. The van der Waals surface area contributed by atoms with E-state index in [1.54, 1.807) is 12.2 Å². The Bertz CT molecular complexity index is 307. The first-order chi connectivity index (χ1) is 6.26.